The van der Waals surface area contributed by atoms with Crippen molar-refractivity contribution >= 4 is 11.6 Å². The lowest BCUT2D eigenvalue weighted by Crippen LogP contribution is -2.16. The van der Waals surface area contributed by atoms with E-state index in [2.05, 4.69) is 5.32 Å². The van der Waals surface area contributed by atoms with Crippen LogP contribution in [0.3, 0.4) is 0 Å². The second-order valence-corrected chi connectivity index (χ2v) is 4.24. The summed E-state index contributed by atoms with van der Waals surface area (Å²) in [6.45, 7) is 1.85. The van der Waals surface area contributed by atoms with Crippen LogP contribution in [0.2, 0.25) is 0 Å². The molecule has 0 atom stereocenters. The lowest BCUT2D eigenvalue weighted by Gasteiger charge is -2.09. The van der Waals surface area contributed by atoms with E-state index in [1.165, 1.54) is 6.07 Å². The molecule has 2 aromatic carbocycles. The van der Waals surface area contributed by atoms with Gasteiger partial charge in [0.1, 0.15) is 11.6 Å². The Morgan fingerprint density at radius 3 is 2.32 bits per heavy atom. The molecule has 0 saturated heterocycles. The summed E-state index contributed by atoms with van der Waals surface area (Å²) in [5, 5.41) is 2.64. The number of benzene rings is 2. The highest BCUT2D eigenvalue weighted by atomic mass is 19.1. The van der Waals surface area contributed by atoms with Gasteiger partial charge >= 0.3 is 0 Å². The summed E-state index contributed by atoms with van der Waals surface area (Å²) in [6, 6.07) is 10.8. The SMILES string of the molecule is Cc1ccccc1NC(=O)Cc1c(F)cccc1F. The highest BCUT2D eigenvalue weighted by Crippen LogP contribution is 2.16. The van der Waals surface area contributed by atoms with Gasteiger partial charge in [0.15, 0.2) is 0 Å². The molecule has 2 aromatic rings. The number of hydrogen-bond donors (Lipinski definition) is 1. The lowest BCUT2D eigenvalue weighted by molar-refractivity contribution is -0.115. The van der Waals surface area contributed by atoms with Crippen molar-refractivity contribution in [2.75, 3.05) is 5.32 Å². The first-order chi connectivity index (χ1) is 9.08. The van der Waals surface area contributed by atoms with Gasteiger partial charge in [0.2, 0.25) is 5.91 Å². The van der Waals surface area contributed by atoms with Crippen LogP contribution in [0.25, 0.3) is 0 Å². The number of anilines is 1. The van der Waals surface area contributed by atoms with E-state index in [0.717, 1.165) is 17.7 Å². The van der Waals surface area contributed by atoms with Crippen molar-refractivity contribution in [3.8, 4) is 0 Å². The van der Waals surface area contributed by atoms with Gasteiger partial charge in [0, 0.05) is 11.3 Å². The fourth-order valence-electron chi connectivity index (χ4n) is 1.77. The Morgan fingerprint density at radius 1 is 1.05 bits per heavy atom. The summed E-state index contributed by atoms with van der Waals surface area (Å²) in [5.41, 5.74) is 1.32. The van der Waals surface area contributed by atoms with Gasteiger partial charge in [-0.15, -0.1) is 0 Å². The summed E-state index contributed by atoms with van der Waals surface area (Å²) in [4.78, 5) is 11.8. The van der Waals surface area contributed by atoms with Crippen molar-refractivity contribution in [2.24, 2.45) is 0 Å². The molecule has 0 saturated carbocycles. The maximum atomic E-state index is 13.4. The summed E-state index contributed by atoms with van der Waals surface area (Å²) in [7, 11) is 0. The molecule has 0 radical (unpaired) electrons. The third-order valence-electron chi connectivity index (χ3n) is 2.82. The minimum Gasteiger partial charge on any atom is -0.326 e. The predicted octanol–water partition coefficient (Wildman–Crippen LogP) is 3.45. The van der Waals surface area contributed by atoms with E-state index in [4.69, 9.17) is 0 Å². The van der Waals surface area contributed by atoms with Crippen LogP contribution in [0.15, 0.2) is 42.5 Å². The molecule has 0 aliphatic carbocycles. The molecule has 0 spiro atoms. The third kappa shape index (κ3) is 3.16. The lowest BCUT2D eigenvalue weighted by atomic mass is 10.1. The topological polar surface area (TPSA) is 29.1 Å². The number of carbonyl (C=O) groups excluding carboxylic acids is 1. The number of amides is 1. The molecule has 4 heteroatoms. The van der Waals surface area contributed by atoms with Gasteiger partial charge < -0.3 is 5.32 Å². The number of aryl methyl sites for hydroxylation is 1. The Balaban J connectivity index is 2.12. The molecule has 0 bridgehead atoms. The zero-order valence-electron chi connectivity index (χ0n) is 10.4. The summed E-state index contributed by atoms with van der Waals surface area (Å²) in [6.07, 6.45) is -0.327. The second kappa shape index (κ2) is 5.61. The molecule has 0 aliphatic heterocycles. The van der Waals surface area contributed by atoms with Gasteiger partial charge in [0.25, 0.3) is 0 Å². The summed E-state index contributed by atoms with van der Waals surface area (Å²) >= 11 is 0. The minimum absolute atomic E-state index is 0.214. The van der Waals surface area contributed by atoms with E-state index in [0.29, 0.717) is 5.69 Å². The Labute approximate surface area is 110 Å². The van der Waals surface area contributed by atoms with Gasteiger partial charge in [-0.2, -0.15) is 0 Å². The van der Waals surface area contributed by atoms with Gasteiger partial charge in [-0.25, -0.2) is 8.78 Å². The fourth-order valence-corrected chi connectivity index (χ4v) is 1.77. The molecule has 0 unspecified atom stereocenters. The molecule has 1 N–H and O–H groups in total. The van der Waals surface area contributed by atoms with E-state index in [-0.39, 0.29) is 12.0 Å². The zero-order chi connectivity index (χ0) is 13.8. The van der Waals surface area contributed by atoms with E-state index in [1.807, 2.05) is 19.1 Å². The van der Waals surface area contributed by atoms with E-state index >= 15 is 0 Å². The maximum Gasteiger partial charge on any atom is 0.229 e. The van der Waals surface area contributed by atoms with Crippen molar-refractivity contribution in [2.45, 2.75) is 13.3 Å². The van der Waals surface area contributed by atoms with Crippen LogP contribution in [0, 0.1) is 18.6 Å². The standard InChI is InChI=1S/C15H13F2NO/c1-10-5-2-3-8-14(10)18-15(19)9-11-12(16)6-4-7-13(11)17/h2-8H,9H2,1H3,(H,18,19). The Hall–Kier alpha value is -2.23. The summed E-state index contributed by atoms with van der Waals surface area (Å²) in [5.74, 6) is -1.86. The number of carbonyl (C=O) groups is 1. The van der Waals surface area contributed by atoms with Crippen LogP contribution in [-0.2, 0) is 11.2 Å². The monoisotopic (exact) mass is 261 g/mol. The van der Waals surface area contributed by atoms with Crippen LogP contribution in [0.1, 0.15) is 11.1 Å². The van der Waals surface area contributed by atoms with Crippen LogP contribution < -0.4 is 5.32 Å². The van der Waals surface area contributed by atoms with Crippen molar-refractivity contribution in [1.82, 2.24) is 0 Å². The zero-order valence-corrected chi connectivity index (χ0v) is 10.4. The highest BCUT2D eigenvalue weighted by molar-refractivity contribution is 5.93. The largest absolute Gasteiger partial charge is 0.326 e. The molecule has 0 aliphatic rings. The fraction of sp³-hybridized carbons (Fsp3) is 0.133. The van der Waals surface area contributed by atoms with Crippen LogP contribution >= 0.6 is 0 Å². The second-order valence-electron chi connectivity index (χ2n) is 4.24. The molecule has 0 heterocycles. The molecular formula is C15H13F2NO. The van der Waals surface area contributed by atoms with E-state index < -0.39 is 17.5 Å². The Morgan fingerprint density at radius 2 is 1.68 bits per heavy atom. The summed E-state index contributed by atoms with van der Waals surface area (Å²) < 4.78 is 26.8. The number of hydrogen-bond acceptors (Lipinski definition) is 1. The van der Waals surface area contributed by atoms with Crippen molar-refractivity contribution in [3.05, 3.63) is 65.2 Å². The van der Waals surface area contributed by atoms with E-state index in [1.54, 1.807) is 12.1 Å². The Bertz CT molecular complexity index is 591. The molecule has 0 fully saturated rings. The van der Waals surface area contributed by atoms with Gasteiger partial charge in [-0.3, -0.25) is 4.79 Å². The van der Waals surface area contributed by atoms with Crippen LogP contribution in [0.4, 0.5) is 14.5 Å². The number of nitrogens with one attached hydrogen (secondary N) is 1. The predicted molar refractivity (Wildman–Crippen MR) is 69.9 cm³/mol. The number of para-hydroxylation sites is 1. The molecule has 2 rings (SSSR count). The normalized spacial score (nSPS) is 10.3. The van der Waals surface area contributed by atoms with Crippen molar-refractivity contribution in [1.29, 1.82) is 0 Å². The van der Waals surface area contributed by atoms with Gasteiger partial charge in [-0.05, 0) is 30.7 Å². The first kappa shape index (κ1) is 13.2. The molecule has 0 aromatic heterocycles. The maximum absolute atomic E-state index is 13.4. The molecule has 1 amide bonds. The smallest absolute Gasteiger partial charge is 0.229 e. The molecule has 98 valence electrons. The molecule has 2 nitrogen and oxygen atoms in total. The first-order valence-electron chi connectivity index (χ1n) is 5.86. The quantitative estimate of drug-likeness (QED) is 0.900. The van der Waals surface area contributed by atoms with E-state index in [9.17, 15) is 13.6 Å². The van der Waals surface area contributed by atoms with Crippen molar-refractivity contribution in [3.63, 3.8) is 0 Å². The highest BCUT2D eigenvalue weighted by Gasteiger charge is 2.13. The minimum atomic E-state index is -0.708. The van der Waals surface area contributed by atoms with Gasteiger partial charge in [-0.1, -0.05) is 24.3 Å². The molecular weight excluding hydrogens is 248 g/mol. The van der Waals surface area contributed by atoms with Crippen molar-refractivity contribution < 1.29 is 13.6 Å². The van der Waals surface area contributed by atoms with Gasteiger partial charge in [0.05, 0.1) is 6.42 Å². The van der Waals surface area contributed by atoms with Crippen LogP contribution in [-0.4, -0.2) is 5.91 Å². The average Bonchev–Trinajstić information content (AvgIpc) is 2.37. The third-order valence-corrected chi connectivity index (χ3v) is 2.82. The Kier molecular flexibility index (Phi) is 3.90. The number of rotatable bonds is 3. The first-order valence-corrected chi connectivity index (χ1v) is 5.86. The average molecular weight is 261 g/mol. The molecule has 19 heavy (non-hydrogen) atoms. The number of halogens is 2. The van der Waals surface area contributed by atoms with Crippen LogP contribution in [0.5, 0.6) is 0 Å².